The Morgan fingerprint density at radius 2 is 1.96 bits per heavy atom. The number of carbonyl (C=O) groups is 1. The van der Waals surface area contributed by atoms with E-state index in [0.717, 1.165) is 49.5 Å². The van der Waals surface area contributed by atoms with Crippen molar-refractivity contribution in [1.29, 1.82) is 0 Å². The summed E-state index contributed by atoms with van der Waals surface area (Å²) >= 11 is 0. The van der Waals surface area contributed by atoms with Gasteiger partial charge >= 0.3 is 0 Å². The molecule has 27 heavy (non-hydrogen) atoms. The molecule has 0 aromatic heterocycles. The van der Waals surface area contributed by atoms with Gasteiger partial charge in [-0.1, -0.05) is 19.9 Å². The van der Waals surface area contributed by atoms with E-state index in [0.29, 0.717) is 12.5 Å². The molecule has 1 aromatic carbocycles. The maximum atomic E-state index is 12.3. The Morgan fingerprint density at radius 1 is 1.22 bits per heavy atom. The summed E-state index contributed by atoms with van der Waals surface area (Å²) in [6, 6.07) is 5.92. The molecular weight excluding hydrogens is 342 g/mol. The number of ether oxygens (including phenoxy) is 3. The monoisotopic (exact) mass is 375 g/mol. The zero-order chi connectivity index (χ0) is 19.7. The second kappa shape index (κ2) is 7.70. The van der Waals surface area contributed by atoms with Gasteiger partial charge in [-0.3, -0.25) is 4.79 Å². The van der Waals surface area contributed by atoms with Gasteiger partial charge in [0.2, 0.25) is 12.7 Å². The van der Waals surface area contributed by atoms with Gasteiger partial charge in [0.05, 0.1) is 5.60 Å². The highest BCUT2D eigenvalue weighted by Crippen LogP contribution is 2.47. The minimum atomic E-state index is -0.0963. The Morgan fingerprint density at radius 3 is 2.63 bits per heavy atom. The molecule has 1 fully saturated rings. The molecule has 150 valence electrons. The molecule has 1 aromatic rings. The summed E-state index contributed by atoms with van der Waals surface area (Å²) < 4.78 is 16.8. The second-order valence-electron chi connectivity index (χ2n) is 8.93. The number of hydrogen-bond acceptors (Lipinski definition) is 4. The highest BCUT2D eigenvalue weighted by atomic mass is 16.7. The minimum Gasteiger partial charge on any atom is -0.454 e. The van der Waals surface area contributed by atoms with Crippen molar-refractivity contribution in [1.82, 2.24) is 4.90 Å². The Hall–Kier alpha value is -1.75. The molecular formula is C22H33NO4. The summed E-state index contributed by atoms with van der Waals surface area (Å²) in [5.41, 5.74) is 1.19. The SMILES string of the molecule is CC(=O)N(CCC1(C(C)C)CCOC(C)(C)C1)Cc1ccc2c(c1)OCO2. The zero-order valence-corrected chi connectivity index (χ0v) is 17.3. The van der Waals surface area contributed by atoms with Gasteiger partial charge in [0, 0.05) is 26.6 Å². The van der Waals surface area contributed by atoms with Crippen molar-refractivity contribution in [2.75, 3.05) is 19.9 Å². The fourth-order valence-electron chi connectivity index (χ4n) is 4.48. The summed E-state index contributed by atoms with van der Waals surface area (Å²) in [7, 11) is 0. The molecule has 2 aliphatic rings. The summed E-state index contributed by atoms with van der Waals surface area (Å²) in [6.07, 6.45) is 3.10. The molecule has 2 aliphatic heterocycles. The van der Waals surface area contributed by atoms with Crippen LogP contribution in [-0.2, 0) is 16.1 Å². The Balaban J connectivity index is 1.69. The Labute approximate surface area is 163 Å². The van der Waals surface area contributed by atoms with Crippen molar-refractivity contribution < 1.29 is 19.0 Å². The van der Waals surface area contributed by atoms with Gasteiger partial charge in [0.25, 0.3) is 0 Å². The van der Waals surface area contributed by atoms with Crippen LogP contribution in [0.4, 0.5) is 0 Å². The predicted molar refractivity (Wildman–Crippen MR) is 105 cm³/mol. The number of carbonyl (C=O) groups excluding carboxylic acids is 1. The number of nitrogens with zero attached hydrogens (tertiary/aromatic N) is 1. The van der Waals surface area contributed by atoms with Crippen LogP contribution in [0, 0.1) is 11.3 Å². The van der Waals surface area contributed by atoms with E-state index >= 15 is 0 Å². The number of rotatable bonds is 6. The van der Waals surface area contributed by atoms with Gasteiger partial charge in [-0.05, 0) is 62.1 Å². The fraction of sp³-hybridized carbons (Fsp3) is 0.682. The average Bonchev–Trinajstić information content (AvgIpc) is 3.05. The van der Waals surface area contributed by atoms with Crippen LogP contribution in [0.5, 0.6) is 11.5 Å². The first-order valence-corrected chi connectivity index (χ1v) is 9.99. The van der Waals surface area contributed by atoms with Crippen molar-refractivity contribution >= 4 is 5.91 Å². The number of fused-ring (bicyclic) bond motifs is 1. The topological polar surface area (TPSA) is 48.0 Å². The molecule has 0 saturated carbocycles. The van der Waals surface area contributed by atoms with E-state index in [1.165, 1.54) is 0 Å². The van der Waals surface area contributed by atoms with E-state index in [9.17, 15) is 4.79 Å². The molecule has 1 atom stereocenters. The summed E-state index contributed by atoms with van der Waals surface area (Å²) in [6.45, 7) is 13.0. The molecule has 5 nitrogen and oxygen atoms in total. The van der Waals surface area contributed by atoms with Crippen molar-refractivity contribution in [3.05, 3.63) is 23.8 Å². The molecule has 0 N–H and O–H groups in total. The minimum absolute atomic E-state index is 0.0963. The van der Waals surface area contributed by atoms with Crippen LogP contribution in [0.2, 0.25) is 0 Å². The quantitative estimate of drug-likeness (QED) is 0.740. The molecule has 1 amide bonds. The molecule has 1 unspecified atom stereocenters. The first kappa shape index (κ1) is 20.0. The lowest BCUT2D eigenvalue weighted by Crippen LogP contribution is -2.46. The maximum absolute atomic E-state index is 12.3. The number of benzene rings is 1. The maximum Gasteiger partial charge on any atom is 0.231 e. The first-order chi connectivity index (χ1) is 12.7. The van der Waals surface area contributed by atoms with Gasteiger partial charge in [-0.2, -0.15) is 0 Å². The van der Waals surface area contributed by atoms with Gasteiger partial charge in [-0.15, -0.1) is 0 Å². The van der Waals surface area contributed by atoms with E-state index in [1.807, 2.05) is 23.1 Å². The third kappa shape index (κ3) is 4.57. The van der Waals surface area contributed by atoms with Gasteiger partial charge in [-0.25, -0.2) is 0 Å². The highest BCUT2D eigenvalue weighted by molar-refractivity contribution is 5.73. The van der Waals surface area contributed by atoms with Crippen LogP contribution >= 0.6 is 0 Å². The van der Waals surface area contributed by atoms with Crippen molar-refractivity contribution in [3.63, 3.8) is 0 Å². The molecule has 5 heteroatoms. The Bertz CT molecular complexity index is 685. The fourth-order valence-corrected chi connectivity index (χ4v) is 4.48. The zero-order valence-electron chi connectivity index (χ0n) is 17.3. The van der Waals surface area contributed by atoms with Crippen LogP contribution in [-0.4, -0.2) is 36.4 Å². The van der Waals surface area contributed by atoms with Gasteiger partial charge in [0.1, 0.15) is 0 Å². The molecule has 0 aliphatic carbocycles. The highest BCUT2D eigenvalue weighted by Gasteiger charge is 2.42. The van der Waals surface area contributed by atoms with Crippen LogP contribution in [0.25, 0.3) is 0 Å². The van der Waals surface area contributed by atoms with Crippen LogP contribution in [0.1, 0.15) is 59.4 Å². The lowest BCUT2D eigenvalue weighted by molar-refractivity contribution is -0.134. The van der Waals surface area contributed by atoms with E-state index in [-0.39, 0.29) is 23.7 Å². The molecule has 3 rings (SSSR count). The van der Waals surface area contributed by atoms with Crippen LogP contribution in [0.15, 0.2) is 18.2 Å². The third-order valence-corrected chi connectivity index (χ3v) is 6.23. The molecule has 0 bridgehead atoms. The van der Waals surface area contributed by atoms with Crippen molar-refractivity contribution in [2.45, 2.75) is 66.0 Å². The van der Waals surface area contributed by atoms with Crippen LogP contribution < -0.4 is 9.47 Å². The molecule has 1 saturated heterocycles. The Kier molecular flexibility index (Phi) is 5.71. The van der Waals surface area contributed by atoms with E-state index in [1.54, 1.807) is 6.92 Å². The van der Waals surface area contributed by atoms with E-state index < -0.39 is 0 Å². The predicted octanol–water partition coefficient (Wildman–Crippen LogP) is 4.39. The molecule has 2 heterocycles. The van der Waals surface area contributed by atoms with Gasteiger partial charge in [0.15, 0.2) is 11.5 Å². The van der Waals surface area contributed by atoms with Gasteiger partial charge < -0.3 is 19.1 Å². The largest absolute Gasteiger partial charge is 0.454 e. The smallest absolute Gasteiger partial charge is 0.231 e. The first-order valence-electron chi connectivity index (χ1n) is 9.99. The van der Waals surface area contributed by atoms with Crippen molar-refractivity contribution in [3.8, 4) is 11.5 Å². The number of amides is 1. The third-order valence-electron chi connectivity index (χ3n) is 6.23. The van der Waals surface area contributed by atoms with Crippen molar-refractivity contribution in [2.24, 2.45) is 11.3 Å². The standard InChI is InChI=1S/C22H33NO4/c1-16(2)22(9-11-27-21(4,5)14-22)8-10-23(17(3)24)13-18-6-7-19-20(12-18)26-15-25-19/h6-7,12,16H,8-11,13-15H2,1-5H3. The number of hydrogen-bond donors (Lipinski definition) is 0. The normalized spacial score (nSPS) is 23.5. The molecule has 0 spiro atoms. The lowest BCUT2D eigenvalue weighted by atomic mass is 9.65. The second-order valence-corrected chi connectivity index (χ2v) is 8.93. The summed E-state index contributed by atoms with van der Waals surface area (Å²) in [5, 5.41) is 0. The lowest BCUT2D eigenvalue weighted by Gasteiger charge is -2.48. The van der Waals surface area contributed by atoms with Crippen LogP contribution in [0.3, 0.4) is 0 Å². The average molecular weight is 376 g/mol. The van der Waals surface area contributed by atoms with E-state index in [2.05, 4.69) is 27.7 Å². The summed E-state index contributed by atoms with van der Waals surface area (Å²) in [5.74, 6) is 2.20. The molecule has 0 radical (unpaired) electrons. The summed E-state index contributed by atoms with van der Waals surface area (Å²) in [4.78, 5) is 14.3. The van der Waals surface area contributed by atoms with E-state index in [4.69, 9.17) is 14.2 Å².